The third-order valence-electron chi connectivity index (χ3n) is 4.76. The first kappa shape index (κ1) is 16.1. The van der Waals surface area contributed by atoms with Crippen LogP contribution in [-0.2, 0) is 19.3 Å². The summed E-state index contributed by atoms with van der Waals surface area (Å²) in [5.74, 6) is 0.714. The summed E-state index contributed by atoms with van der Waals surface area (Å²) in [4.78, 5) is 21.3. The monoisotopic (exact) mass is 354 g/mol. The van der Waals surface area contributed by atoms with E-state index in [0.717, 1.165) is 30.5 Å². The van der Waals surface area contributed by atoms with E-state index in [-0.39, 0.29) is 6.03 Å². The van der Waals surface area contributed by atoms with Gasteiger partial charge in [0.25, 0.3) is 0 Å². The van der Waals surface area contributed by atoms with Gasteiger partial charge in [0.2, 0.25) is 0 Å². The van der Waals surface area contributed by atoms with E-state index in [4.69, 9.17) is 0 Å². The van der Waals surface area contributed by atoms with Gasteiger partial charge in [-0.2, -0.15) is 0 Å². The molecule has 25 heavy (non-hydrogen) atoms. The fourth-order valence-electron chi connectivity index (χ4n) is 3.38. The molecule has 0 aliphatic heterocycles. The normalized spacial score (nSPS) is 16.6. The van der Waals surface area contributed by atoms with Gasteiger partial charge in [0.05, 0.1) is 5.69 Å². The van der Waals surface area contributed by atoms with Crippen molar-refractivity contribution in [1.82, 2.24) is 15.3 Å². The molecule has 5 nitrogen and oxygen atoms in total. The number of aryl methyl sites for hydroxylation is 1. The van der Waals surface area contributed by atoms with Crippen LogP contribution in [0.3, 0.4) is 0 Å². The fourth-order valence-corrected chi connectivity index (χ4v) is 4.55. The highest BCUT2D eigenvalue weighted by atomic mass is 32.1. The van der Waals surface area contributed by atoms with Gasteiger partial charge >= 0.3 is 6.03 Å². The highest BCUT2D eigenvalue weighted by Gasteiger charge is 2.20. The van der Waals surface area contributed by atoms with Gasteiger partial charge in [0.1, 0.15) is 0 Å². The molecular weight excluding hydrogens is 332 g/mol. The van der Waals surface area contributed by atoms with Crippen molar-refractivity contribution in [1.29, 1.82) is 0 Å². The summed E-state index contributed by atoms with van der Waals surface area (Å²) in [6, 6.07) is 8.03. The molecule has 0 saturated carbocycles. The van der Waals surface area contributed by atoms with E-state index in [0.29, 0.717) is 17.6 Å². The molecule has 0 radical (unpaired) electrons. The molecule has 0 bridgehead atoms. The second kappa shape index (κ2) is 6.88. The van der Waals surface area contributed by atoms with Crippen molar-refractivity contribution in [2.75, 3.05) is 11.9 Å². The summed E-state index contributed by atoms with van der Waals surface area (Å²) in [7, 11) is 0. The molecule has 2 aromatic heterocycles. The maximum atomic E-state index is 12.1. The maximum Gasteiger partial charge on any atom is 0.321 e. The first-order valence-electron chi connectivity index (χ1n) is 8.77. The minimum atomic E-state index is -0.181. The Morgan fingerprint density at radius 1 is 1.40 bits per heavy atom. The number of rotatable bonds is 4. The molecule has 130 valence electrons. The van der Waals surface area contributed by atoms with Gasteiger partial charge in [-0.3, -0.25) is 5.32 Å². The minimum Gasteiger partial charge on any atom is -0.361 e. The Morgan fingerprint density at radius 3 is 3.20 bits per heavy atom. The van der Waals surface area contributed by atoms with E-state index in [1.54, 1.807) is 11.3 Å². The van der Waals surface area contributed by atoms with Gasteiger partial charge in [-0.15, -0.1) is 11.3 Å². The van der Waals surface area contributed by atoms with Crippen LogP contribution in [0.25, 0.3) is 10.9 Å². The summed E-state index contributed by atoms with van der Waals surface area (Å²) in [6.45, 7) is 2.86. The highest BCUT2D eigenvalue weighted by Crippen LogP contribution is 2.32. The number of carbonyl (C=O) groups excluding carboxylic acids is 1. The lowest BCUT2D eigenvalue weighted by molar-refractivity contribution is 0.252. The number of aromatic amines is 1. The van der Waals surface area contributed by atoms with E-state index in [2.05, 4.69) is 39.7 Å². The molecule has 6 heteroatoms. The number of fused-ring (bicyclic) bond motifs is 2. The van der Waals surface area contributed by atoms with Crippen molar-refractivity contribution in [3.8, 4) is 0 Å². The number of aromatic nitrogens is 2. The second-order valence-electron chi connectivity index (χ2n) is 6.73. The van der Waals surface area contributed by atoms with Gasteiger partial charge in [-0.1, -0.05) is 25.1 Å². The lowest BCUT2D eigenvalue weighted by Gasteiger charge is -2.15. The van der Waals surface area contributed by atoms with E-state index in [1.165, 1.54) is 22.2 Å². The molecule has 4 rings (SSSR count). The summed E-state index contributed by atoms with van der Waals surface area (Å²) in [6.07, 6.45) is 6.10. The number of para-hydroxylation sites is 1. The first-order valence-corrected chi connectivity index (χ1v) is 9.59. The summed E-state index contributed by atoms with van der Waals surface area (Å²) < 4.78 is 0. The number of hydrogen-bond donors (Lipinski definition) is 3. The Morgan fingerprint density at radius 2 is 2.28 bits per heavy atom. The smallest absolute Gasteiger partial charge is 0.321 e. The molecule has 0 spiro atoms. The molecule has 1 unspecified atom stereocenters. The maximum absolute atomic E-state index is 12.1. The number of thiazole rings is 1. The highest BCUT2D eigenvalue weighted by molar-refractivity contribution is 7.15. The lowest BCUT2D eigenvalue weighted by Crippen LogP contribution is -2.30. The minimum absolute atomic E-state index is 0.181. The number of nitrogens with zero attached hydrogens (tertiary/aromatic N) is 1. The molecule has 1 aliphatic rings. The zero-order valence-corrected chi connectivity index (χ0v) is 15.1. The quantitative estimate of drug-likeness (QED) is 0.660. The van der Waals surface area contributed by atoms with Crippen LogP contribution in [0.15, 0.2) is 30.5 Å². The molecular formula is C19H22N4OS. The van der Waals surface area contributed by atoms with Crippen LogP contribution >= 0.6 is 11.3 Å². The van der Waals surface area contributed by atoms with E-state index >= 15 is 0 Å². The van der Waals surface area contributed by atoms with Crippen molar-refractivity contribution in [2.45, 2.75) is 32.6 Å². The Balaban J connectivity index is 1.31. The van der Waals surface area contributed by atoms with Gasteiger partial charge in [-0.05, 0) is 43.2 Å². The summed E-state index contributed by atoms with van der Waals surface area (Å²) in [5, 5.41) is 7.73. The zero-order valence-electron chi connectivity index (χ0n) is 14.3. The standard InChI is InChI=1S/C19H22N4OS/c1-12-6-7-16-17(10-12)25-19(22-16)23-18(24)20-9-8-13-11-21-15-5-3-2-4-14(13)15/h2-5,11-12,21H,6-10H2,1H3,(H2,20,22,23,24). The second-order valence-corrected chi connectivity index (χ2v) is 7.81. The topological polar surface area (TPSA) is 69.8 Å². The molecule has 3 N–H and O–H groups in total. The summed E-state index contributed by atoms with van der Waals surface area (Å²) >= 11 is 1.61. The van der Waals surface area contributed by atoms with Crippen LogP contribution in [0.5, 0.6) is 0 Å². The molecule has 0 saturated heterocycles. The number of nitrogens with one attached hydrogen (secondary N) is 3. The van der Waals surface area contributed by atoms with Crippen LogP contribution in [0, 0.1) is 5.92 Å². The predicted octanol–water partition coefficient (Wildman–Crippen LogP) is 4.11. The Hall–Kier alpha value is -2.34. The Bertz CT molecular complexity index is 898. The van der Waals surface area contributed by atoms with Crippen LogP contribution < -0.4 is 10.6 Å². The van der Waals surface area contributed by atoms with Crippen molar-refractivity contribution in [2.24, 2.45) is 5.92 Å². The lowest BCUT2D eigenvalue weighted by atomic mass is 9.93. The van der Waals surface area contributed by atoms with Crippen molar-refractivity contribution >= 4 is 33.4 Å². The number of anilines is 1. The predicted molar refractivity (Wildman–Crippen MR) is 102 cm³/mol. The van der Waals surface area contributed by atoms with E-state index in [9.17, 15) is 4.79 Å². The molecule has 3 aromatic rings. The SMILES string of the molecule is CC1CCc2nc(NC(=O)NCCc3c[nH]c4ccccc34)sc2C1. The summed E-state index contributed by atoms with van der Waals surface area (Å²) in [5.41, 5.74) is 3.51. The number of hydrogen-bond acceptors (Lipinski definition) is 3. The van der Waals surface area contributed by atoms with Gasteiger partial charge in [-0.25, -0.2) is 9.78 Å². The molecule has 1 aromatic carbocycles. The zero-order chi connectivity index (χ0) is 17.2. The Labute approximate surface area is 150 Å². The van der Waals surface area contributed by atoms with Gasteiger partial charge in [0, 0.05) is 28.5 Å². The van der Waals surface area contributed by atoms with Crippen LogP contribution in [-0.4, -0.2) is 22.5 Å². The average molecular weight is 354 g/mol. The van der Waals surface area contributed by atoms with Gasteiger partial charge < -0.3 is 10.3 Å². The molecule has 0 fully saturated rings. The number of urea groups is 1. The van der Waals surface area contributed by atoms with E-state index in [1.807, 2.05) is 18.3 Å². The van der Waals surface area contributed by atoms with Crippen molar-refractivity contribution in [3.05, 3.63) is 46.6 Å². The molecule has 2 heterocycles. The van der Waals surface area contributed by atoms with E-state index < -0.39 is 0 Å². The van der Waals surface area contributed by atoms with Crippen molar-refractivity contribution in [3.63, 3.8) is 0 Å². The Kier molecular flexibility index (Phi) is 4.44. The third kappa shape index (κ3) is 3.54. The number of amides is 2. The number of benzene rings is 1. The number of carbonyl (C=O) groups is 1. The van der Waals surface area contributed by atoms with Crippen molar-refractivity contribution < 1.29 is 4.79 Å². The van der Waals surface area contributed by atoms with Gasteiger partial charge in [0.15, 0.2) is 5.13 Å². The third-order valence-corrected chi connectivity index (χ3v) is 5.80. The molecule has 1 atom stereocenters. The fraction of sp³-hybridized carbons (Fsp3) is 0.368. The molecule has 1 aliphatic carbocycles. The largest absolute Gasteiger partial charge is 0.361 e. The first-order chi connectivity index (χ1) is 12.2. The van der Waals surface area contributed by atoms with Crippen LogP contribution in [0.4, 0.5) is 9.93 Å². The van der Waals surface area contributed by atoms with Crippen LogP contribution in [0.2, 0.25) is 0 Å². The van der Waals surface area contributed by atoms with Crippen LogP contribution in [0.1, 0.15) is 29.5 Å². The average Bonchev–Trinajstić information content (AvgIpc) is 3.18. The number of H-pyrrole nitrogens is 1. The molecule has 2 amide bonds.